The molecule has 0 saturated heterocycles. The van der Waals surface area contributed by atoms with Crippen LogP contribution in [0, 0.1) is 13.8 Å². The smallest absolute Gasteiger partial charge is 0.205 e. The third-order valence-electron chi connectivity index (χ3n) is 5.28. The van der Waals surface area contributed by atoms with Gasteiger partial charge in [0.15, 0.2) is 0 Å². The molecule has 6 nitrogen and oxygen atoms in total. The number of aryl methyl sites for hydroxylation is 2. The number of benzene rings is 3. The summed E-state index contributed by atoms with van der Waals surface area (Å²) in [7, 11) is 0. The first kappa shape index (κ1) is 18.9. The highest BCUT2D eigenvalue weighted by molar-refractivity contribution is 5.87. The summed E-state index contributed by atoms with van der Waals surface area (Å²) in [6, 6.07) is 24.5. The third-order valence-corrected chi connectivity index (χ3v) is 5.28. The van der Waals surface area contributed by atoms with Gasteiger partial charge in [-0.05, 0) is 53.4 Å². The van der Waals surface area contributed by atoms with Crippen molar-refractivity contribution in [1.29, 1.82) is 0 Å². The van der Waals surface area contributed by atoms with Crippen molar-refractivity contribution in [2.75, 3.05) is 0 Å². The lowest BCUT2D eigenvalue weighted by Gasteiger charge is -2.13. The molecule has 0 aliphatic rings. The average Bonchev–Trinajstić information content (AvgIpc) is 3.33. The maximum Gasteiger partial charge on any atom is 0.205 e. The summed E-state index contributed by atoms with van der Waals surface area (Å²) in [5, 5.41) is 15.7. The molecule has 6 heteroatoms. The molecule has 0 fully saturated rings. The predicted molar refractivity (Wildman–Crippen MR) is 121 cm³/mol. The van der Waals surface area contributed by atoms with E-state index in [9.17, 15) is 0 Å². The van der Waals surface area contributed by atoms with Gasteiger partial charge in [-0.15, -0.1) is 10.2 Å². The number of ether oxygens (including phenoxy) is 1. The SMILES string of the molecule is Cc1cc(OCc2ccc(-c3ccccc3)c(-c3nn[nH]n3)c2)c2cccc(C)c2n1. The van der Waals surface area contributed by atoms with E-state index in [0.29, 0.717) is 12.4 Å². The summed E-state index contributed by atoms with van der Waals surface area (Å²) in [4.78, 5) is 4.68. The Bertz CT molecular complexity index is 1350. The molecule has 152 valence electrons. The van der Waals surface area contributed by atoms with E-state index >= 15 is 0 Å². The molecule has 1 N–H and O–H groups in total. The molecule has 0 aliphatic carbocycles. The molecule has 0 aliphatic heterocycles. The lowest BCUT2D eigenvalue weighted by atomic mass is 9.97. The van der Waals surface area contributed by atoms with E-state index in [4.69, 9.17) is 4.74 Å². The molecular weight excluding hydrogens is 386 g/mol. The Morgan fingerprint density at radius 1 is 0.871 bits per heavy atom. The second-order valence-corrected chi connectivity index (χ2v) is 7.50. The minimum absolute atomic E-state index is 0.423. The Morgan fingerprint density at radius 3 is 2.55 bits per heavy atom. The summed E-state index contributed by atoms with van der Waals surface area (Å²) in [5.74, 6) is 1.39. The standard InChI is InChI=1S/C25H21N5O/c1-16-7-6-10-21-23(13-17(2)26-24(16)21)31-15-18-11-12-20(19-8-4-3-5-9-19)22(14-18)25-27-29-30-28-25/h3-14H,15H2,1-2H3,(H,27,28,29,30). The first-order chi connectivity index (χ1) is 15.2. The fourth-order valence-electron chi connectivity index (χ4n) is 3.77. The molecule has 5 aromatic rings. The quantitative estimate of drug-likeness (QED) is 0.429. The van der Waals surface area contributed by atoms with Gasteiger partial charge in [-0.1, -0.05) is 54.6 Å². The Hall–Kier alpha value is -4.06. The zero-order valence-electron chi connectivity index (χ0n) is 17.3. The fraction of sp³-hybridized carbons (Fsp3) is 0.120. The topological polar surface area (TPSA) is 76.6 Å². The van der Waals surface area contributed by atoms with E-state index in [2.05, 4.69) is 68.9 Å². The average molecular weight is 407 g/mol. The van der Waals surface area contributed by atoms with Crippen molar-refractivity contribution in [3.63, 3.8) is 0 Å². The van der Waals surface area contributed by atoms with E-state index in [1.807, 2.05) is 43.3 Å². The fourth-order valence-corrected chi connectivity index (χ4v) is 3.77. The molecule has 0 spiro atoms. The number of hydrogen-bond donors (Lipinski definition) is 1. The summed E-state index contributed by atoms with van der Waals surface area (Å²) >= 11 is 0. The molecule has 2 heterocycles. The monoisotopic (exact) mass is 407 g/mol. The maximum atomic E-state index is 6.25. The molecule has 0 saturated carbocycles. The van der Waals surface area contributed by atoms with Crippen LogP contribution in [0.25, 0.3) is 33.4 Å². The van der Waals surface area contributed by atoms with Crippen LogP contribution in [-0.4, -0.2) is 25.6 Å². The lowest BCUT2D eigenvalue weighted by Crippen LogP contribution is -1.99. The van der Waals surface area contributed by atoms with Gasteiger partial charge in [-0.25, -0.2) is 0 Å². The number of nitrogens with one attached hydrogen (secondary N) is 1. The molecular formula is C25H21N5O. The summed E-state index contributed by atoms with van der Waals surface area (Å²) in [6.07, 6.45) is 0. The number of tetrazole rings is 1. The normalized spacial score (nSPS) is 11.0. The second-order valence-electron chi connectivity index (χ2n) is 7.50. The largest absolute Gasteiger partial charge is 0.488 e. The highest BCUT2D eigenvalue weighted by Gasteiger charge is 2.13. The number of aromatic amines is 1. The van der Waals surface area contributed by atoms with Crippen molar-refractivity contribution >= 4 is 10.9 Å². The van der Waals surface area contributed by atoms with Crippen molar-refractivity contribution in [2.24, 2.45) is 0 Å². The summed E-state index contributed by atoms with van der Waals surface area (Å²) < 4.78 is 6.25. The van der Waals surface area contributed by atoms with Crippen molar-refractivity contribution < 1.29 is 4.74 Å². The summed E-state index contributed by atoms with van der Waals surface area (Å²) in [5.41, 5.74) is 7.13. The van der Waals surface area contributed by atoms with Gasteiger partial charge in [0.1, 0.15) is 12.4 Å². The number of aromatic nitrogens is 5. The van der Waals surface area contributed by atoms with E-state index < -0.39 is 0 Å². The number of nitrogens with zero attached hydrogens (tertiary/aromatic N) is 4. The number of pyridine rings is 1. The molecule has 2 aromatic heterocycles. The van der Waals surface area contributed by atoms with Gasteiger partial charge in [-0.2, -0.15) is 5.21 Å². The number of para-hydroxylation sites is 1. The van der Waals surface area contributed by atoms with E-state index in [-0.39, 0.29) is 0 Å². The van der Waals surface area contributed by atoms with Crippen LogP contribution in [0.2, 0.25) is 0 Å². The number of rotatable bonds is 5. The van der Waals surface area contributed by atoms with E-state index in [1.165, 1.54) is 0 Å². The maximum absolute atomic E-state index is 6.25. The van der Waals surface area contributed by atoms with Gasteiger partial charge in [0.2, 0.25) is 5.82 Å². The van der Waals surface area contributed by atoms with Gasteiger partial charge in [0.25, 0.3) is 0 Å². The van der Waals surface area contributed by atoms with Crippen molar-refractivity contribution in [2.45, 2.75) is 20.5 Å². The van der Waals surface area contributed by atoms with Gasteiger partial charge < -0.3 is 4.74 Å². The van der Waals surface area contributed by atoms with E-state index in [1.54, 1.807) is 0 Å². The van der Waals surface area contributed by atoms with Crippen LogP contribution in [0.5, 0.6) is 5.75 Å². The van der Waals surface area contributed by atoms with E-state index in [0.717, 1.165) is 50.2 Å². The zero-order valence-corrected chi connectivity index (χ0v) is 17.3. The van der Waals surface area contributed by atoms with Crippen LogP contribution in [0.3, 0.4) is 0 Å². The highest BCUT2D eigenvalue weighted by atomic mass is 16.5. The molecule has 5 rings (SSSR count). The minimum atomic E-state index is 0.423. The van der Waals surface area contributed by atoms with Gasteiger partial charge in [-0.3, -0.25) is 4.98 Å². The molecule has 31 heavy (non-hydrogen) atoms. The second kappa shape index (κ2) is 7.99. The van der Waals surface area contributed by atoms with Crippen LogP contribution in [-0.2, 0) is 6.61 Å². The van der Waals surface area contributed by atoms with Crippen LogP contribution < -0.4 is 4.74 Å². The van der Waals surface area contributed by atoms with Gasteiger partial charge in [0, 0.05) is 22.7 Å². The number of H-pyrrole nitrogens is 1. The molecule has 0 atom stereocenters. The molecule has 0 radical (unpaired) electrons. The lowest BCUT2D eigenvalue weighted by molar-refractivity contribution is 0.309. The Kier molecular flexibility index (Phi) is 4.88. The Morgan fingerprint density at radius 2 is 1.74 bits per heavy atom. The van der Waals surface area contributed by atoms with Crippen LogP contribution in [0.1, 0.15) is 16.8 Å². The van der Waals surface area contributed by atoms with Crippen molar-refractivity contribution in [1.82, 2.24) is 25.6 Å². The molecule has 3 aromatic carbocycles. The van der Waals surface area contributed by atoms with Crippen LogP contribution in [0.15, 0.2) is 72.8 Å². The van der Waals surface area contributed by atoms with Gasteiger partial charge in [0.05, 0.1) is 5.52 Å². The van der Waals surface area contributed by atoms with Crippen LogP contribution in [0.4, 0.5) is 0 Å². The number of hydrogen-bond acceptors (Lipinski definition) is 5. The molecule has 0 amide bonds. The predicted octanol–water partition coefficient (Wildman–Crippen LogP) is 5.28. The van der Waals surface area contributed by atoms with Crippen molar-refractivity contribution in [3.05, 3.63) is 89.6 Å². The Labute approximate surface area is 179 Å². The first-order valence-corrected chi connectivity index (χ1v) is 10.1. The molecule has 0 unspecified atom stereocenters. The zero-order chi connectivity index (χ0) is 21.2. The summed E-state index contributed by atoms with van der Waals surface area (Å²) in [6.45, 7) is 4.48. The van der Waals surface area contributed by atoms with Crippen molar-refractivity contribution in [3.8, 4) is 28.3 Å². The van der Waals surface area contributed by atoms with Crippen LogP contribution >= 0.6 is 0 Å². The highest BCUT2D eigenvalue weighted by Crippen LogP contribution is 2.32. The minimum Gasteiger partial charge on any atom is -0.488 e. The van der Waals surface area contributed by atoms with Gasteiger partial charge >= 0.3 is 0 Å². The number of fused-ring (bicyclic) bond motifs is 1. The molecule has 0 bridgehead atoms. The first-order valence-electron chi connectivity index (χ1n) is 10.1. The third kappa shape index (κ3) is 3.75. The Balaban J connectivity index is 1.51.